The van der Waals surface area contributed by atoms with Gasteiger partial charge >= 0.3 is 5.97 Å². The molecule has 114 valence electrons. The van der Waals surface area contributed by atoms with Crippen molar-refractivity contribution < 1.29 is 23.1 Å². The second kappa shape index (κ2) is 5.97. The van der Waals surface area contributed by atoms with E-state index in [4.69, 9.17) is 9.84 Å². The summed E-state index contributed by atoms with van der Waals surface area (Å²) in [6.07, 6.45) is 3.03. The molecule has 0 bridgehead atoms. The first-order chi connectivity index (χ1) is 9.81. The molecule has 1 fully saturated rings. The number of ether oxygens (including phenoxy) is 1. The van der Waals surface area contributed by atoms with Crippen molar-refractivity contribution in [2.75, 3.05) is 13.2 Å². The predicted octanol–water partition coefficient (Wildman–Crippen LogP) is 1.24. The number of hydrogen-bond acceptors (Lipinski definition) is 4. The third-order valence-electron chi connectivity index (χ3n) is 3.21. The number of carbonyl (C=O) groups is 1. The highest BCUT2D eigenvalue weighted by molar-refractivity contribution is 7.89. The van der Waals surface area contributed by atoms with E-state index in [-0.39, 0.29) is 4.90 Å². The summed E-state index contributed by atoms with van der Waals surface area (Å²) in [5.74, 6) is -1.05. The van der Waals surface area contributed by atoms with Crippen LogP contribution in [0.1, 0.15) is 18.9 Å². The van der Waals surface area contributed by atoms with Crippen molar-refractivity contribution in [1.29, 1.82) is 0 Å². The molecule has 1 aromatic carbocycles. The summed E-state index contributed by atoms with van der Waals surface area (Å²) in [6, 6.07) is 6.01. The van der Waals surface area contributed by atoms with Gasteiger partial charge in [0.2, 0.25) is 10.0 Å². The number of nitrogens with one attached hydrogen (secondary N) is 1. The molecular formula is C14H17NO5S. The zero-order valence-corrected chi connectivity index (χ0v) is 12.4. The molecule has 7 heteroatoms. The van der Waals surface area contributed by atoms with E-state index in [9.17, 15) is 13.2 Å². The standard InChI is InChI=1S/C14H17NO5S/c1-14(8-9-20-10-14)15-21(18,19)12-5-2-11(3-6-12)4-7-13(16)17/h2-7,15H,8-10H2,1H3,(H,16,17)/b7-4+. The van der Waals surface area contributed by atoms with Crippen LogP contribution >= 0.6 is 0 Å². The number of hydrogen-bond donors (Lipinski definition) is 2. The van der Waals surface area contributed by atoms with Crippen LogP contribution in [0.3, 0.4) is 0 Å². The predicted molar refractivity (Wildman–Crippen MR) is 77.3 cm³/mol. The van der Waals surface area contributed by atoms with Crippen LogP contribution in [-0.4, -0.2) is 38.2 Å². The van der Waals surface area contributed by atoms with Gasteiger partial charge in [-0.15, -0.1) is 0 Å². The fraction of sp³-hybridized carbons (Fsp3) is 0.357. The second-order valence-electron chi connectivity index (χ2n) is 5.21. The van der Waals surface area contributed by atoms with E-state index in [1.165, 1.54) is 18.2 Å². The Hall–Kier alpha value is -1.70. The van der Waals surface area contributed by atoms with E-state index in [0.717, 1.165) is 6.08 Å². The van der Waals surface area contributed by atoms with E-state index in [1.54, 1.807) is 12.1 Å². The quantitative estimate of drug-likeness (QED) is 0.798. The third-order valence-corrected chi connectivity index (χ3v) is 4.86. The summed E-state index contributed by atoms with van der Waals surface area (Å²) >= 11 is 0. The average Bonchev–Trinajstić information content (AvgIpc) is 2.82. The number of aliphatic carboxylic acids is 1. The molecule has 1 aliphatic rings. The first-order valence-corrected chi connectivity index (χ1v) is 7.92. The van der Waals surface area contributed by atoms with Gasteiger partial charge in [-0.1, -0.05) is 12.1 Å². The molecule has 1 heterocycles. The molecule has 1 aromatic rings. The molecule has 2 N–H and O–H groups in total. The summed E-state index contributed by atoms with van der Waals surface area (Å²) in [6.45, 7) is 2.70. The summed E-state index contributed by atoms with van der Waals surface area (Å²) in [7, 11) is -3.62. The van der Waals surface area contributed by atoms with E-state index < -0.39 is 21.5 Å². The minimum absolute atomic E-state index is 0.142. The van der Waals surface area contributed by atoms with Crippen LogP contribution in [0.15, 0.2) is 35.2 Å². The summed E-state index contributed by atoms with van der Waals surface area (Å²) in [5.41, 5.74) is 0.0347. The maximum absolute atomic E-state index is 12.3. The maximum atomic E-state index is 12.3. The minimum atomic E-state index is -3.62. The Kier molecular flexibility index (Phi) is 4.46. The largest absolute Gasteiger partial charge is 0.478 e. The van der Waals surface area contributed by atoms with Gasteiger partial charge in [-0.05, 0) is 37.1 Å². The van der Waals surface area contributed by atoms with Crippen LogP contribution < -0.4 is 4.72 Å². The van der Waals surface area contributed by atoms with Crippen molar-refractivity contribution >= 4 is 22.1 Å². The van der Waals surface area contributed by atoms with Gasteiger partial charge in [-0.2, -0.15) is 0 Å². The van der Waals surface area contributed by atoms with Gasteiger partial charge in [0, 0.05) is 12.7 Å². The van der Waals surface area contributed by atoms with Gasteiger partial charge in [0.15, 0.2) is 0 Å². The monoisotopic (exact) mass is 311 g/mol. The molecule has 0 radical (unpaired) electrons. The van der Waals surface area contributed by atoms with Crippen LogP contribution in [0.5, 0.6) is 0 Å². The molecular weight excluding hydrogens is 294 g/mol. The van der Waals surface area contributed by atoms with Crippen molar-refractivity contribution in [3.8, 4) is 0 Å². The Morgan fingerprint density at radius 2 is 2.05 bits per heavy atom. The molecule has 1 atom stereocenters. The molecule has 1 unspecified atom stereocenters. The second-order valence-corrected chi connectivity index (χ2v) is 6.89. The molecule has 0 aromatic heterocycles. The Labute approximate surface area is 123 Å². The lowest BCUT2D eigenvalue weighted by Crippen LogP contribution is -2.46. The zero-order chi connectivity index (χ0) is 15.5. The lowest BCUT2D eigenvalue weighted by Gasteiger charge is -2.23. The summed E-state index contributed by atoms with van der Waals surface area (Å²) in [5, 5.41) is 8.54. The molecule has 1 saturated heterocycles. The zero-order valence-electron chi connectivity index (χ0n) is 11.6. The summed E-state index contributed by atoms with van der Waals surface area (Å²) < 4.78 is 32.5. The van der Waals surface area contributed by atoms with Crippen LogP contribution in [-0.2, 0) is 19.6 Å². The van der Waals surface area contributed by atoms with Crippen molar-refractivity contribution in [2.45, 2.75) is 23.8 Å². The fourth-order valence-corrected chi connectivity index (χ4v) is 3.48. The number of carboxylic acids is 1. The number of benzene rings is 1. The molecule has 0 amide bonds. The van der Waals surface area contributed by atoms with Gasteiger partial charge in [0.1, 0.15) is 0 Å². The lowest BCUT2D eigenvalue weighted by molar-refractivity contribution is -0.131. The van der Waals surface area contributed by atoms with Crippen molar-refractivity contribution in [3.63, 3.8) is 0 Å². The fourth-order valence-electron chi connectivity index (χ4n) is 2.06. The smallest absolute Gasteiger partial charge is 0.328 e. The minimum Gasteiger partial charge on any atom is -0.478 e. The van der Waals surface area contributed by atoms with Gasteiger partial charge in [-0.3, -0.25) is 0 Å². The van der Waals surface area contributed by atoms with Crippen molar-refractivity contribution in [2.24, 2.45) is 0 Å². The third kappa shape index (κ3) is 4.13. The SMILES string of the molecule is CC1(NS(=O)(=O)c2ccc(/C=C/C(=O)O)cc2)CCOC1. The van der Waals surface area contributed by atoms with Crippen LogP contribution in [0.2, 0.25) is 0 Å². The lowest BCUT2D eigenvalue weighted by atomic mass is 10.0. The first-order valence-electron chi connectivity index (χ1n) is 6.44. The topological polar surface area (TPSA) is 92.7 Å². The highest BCUT2D eigenvalue weighted by Gasteiger charge is 2.34. The Morgan fingerprint density at radius 3 is 2.57 bits per heavy atom. The Morgan fingerprint density at radius 1 is 1.38 bits per heavy atom. The molecule has 0 saturated carbocycles. The molecule has 0 spiro atoms. The number of rotatable bonds is 5. The molecule has 0 aliphatic carbocycles. The van der Waals surface area contributed by atoms with Crippen LogP contribution in [0.4, 0.5) is 0 Å². The highest BCUT2D eigenvalue weighted by atomic mass is 32.2. The van der Waals surface area contributed by atoms with Gasteiger partial charge in [0.25, 0.3) is 0 Å². The normalized spacial score (nSPS) is 22.7. The van der Waals surface area contributed by atoms with E-state index in [1.807, 2.05) is 6.92 Å². The van der Waals surface area contributed by atoms with Gasteiger partial charge in [0.05, 0.1) is 17.0 Å². The van der Waals surface area contributed by atoms with Crippen LogP contribution in [0.25, 0.3) is 6.08 Å². The van der Waals surface area contributed by atoms with Crippen molar-refractivity contribution in [1.82, 2.24) is 4.72 Å². The average molecular weight is 311 g/mol. The number of sulfonamides is 1. The van der Waals surface area contributed by atoms with Gasteiger partial charge in [-0.25, -0.2) is 17.9 Å². The van der Waals surface area contributed by atoms with E-state index in [2.05, 4.69) is 4.72 Å². The Bertz CT molecular complexity index is 642. The molecule has 1 aliphatic heterocycles. The van der Waals surface area contributed by atoms with Gasteiger partial charge < -0.3 is 9.84 Å². The molecule has 2 rings (SSSR count). The molecule has 6 nitrogen and oxygen atoms in total. The van der Waals surface area contributed by atoms with E-state index in [0.29, 0.717) is 25.2 Å². The Balaban J connectivity index is 2.15. The number of carboxylic acid groups (broad SMARTS) is 1. The van der Waals surface area contributed by atoms with Crippen molar-refractivity contribution in [3.05, 3.63) is 35.9 Å². The van der Waals surface area contributed by atoms with Crippen LogP contribution in [0, 0.1) is 0 Å². The highest BCUT2D eigenvalue weighted by Crippen LogP contribution is 2.21. The molecule has 21 heavy (non-hydrogen) atoms. The van der Waals surface area contributed by atoms with E-state index >= 15 is 0 Å². The maximum Gasteiger partial charge on any atom is 0.328 e. The first kappa shape index (κ1) is 15.7. The summed E-state index contributed by atoms with van der Waals surface area (Å²) in [4.78, 5) is 10.6.